The van der Waals surface area contributed by atoms with E-state index < -0.39 is 0 Å². The normalized spacial score (nSPS) is 26.8. The third kappa shape index (κ3) is 3.32. The molecule has 4 bridgehead atoms. The number of fused-ring (bicyclic) bond motifs is 3. The van der Waals surface area contributed by atoms with E-state index in [2.05, 4.69) is 91.9 Å². The predicted octanol–water partition coefficient (Wildman–Crippen LogP) is 10.2. The number of hydrogen-bond donors (Lipinski definition) is 0. The summed E-state index contributed by atoms with van der Waals surface area (Å²) >= 11 is 1.90. The van der Waals surface area contributed by atoms with Crippen molar-refractivity contribution in [2.45, 2.75) is 50.9 Å². The van der Waals surface area contributed by atoms with E-state index in [0.717, 1.165) is 17.8 Å². The Balaban J connectivity index is 1.14. The van der Waals surface area contributed by atoms with Gasteiger partial charge in [-0.3, -0.25) is 0 Å². The summed E-state index contributed by atoms with van der Waals surface area (Å²) in [6, 6.07) is 32.6. The molecule has 9 rings (SSSR count). The van der Waals surface area contributed by atoms with Gasteiger partial charge in [0.2, 0.25) is 0 Å². The number of benzene rings is 4. The molecule has 4 aliphatic rings. The number of thiophene rings is 1. The molecule has 0 N–H and O–H groups in total. The lowest BCUT2D eigenvalue weighted by molar-refractivity contribution is -0.00518. The molecule has 36 heavy (non-hydrogen) atoms. The molecule has 1 heteroatoms. The van der Waals surface area contributed by atoms with E-state index in [1.165, 1.54) is 86.5 Å². The van der Waals surface area contributed by atoms with Gasteiger partial charge in [-0.25, -0.2) is 0 Å². The van der Waals surface area contributed by atoms with Gasteiger partial charge in [-0.1, -0.05) is 66.7 Å². The standard InChI is InChI=1S/C35H32S/c1-22-12-28(17-29(13-22)27-8-11-32-31-4-2-3-5-33(31)36-34(32)18-27)26-6-9-30(10-7-26)35-19-23-14-24(20-35)16-25(15-23)21-35/h2-13,17-18,23-25H,14-16,19-21H2,1H3. The summed E-state index contributed by atoms with van der Waals surface area (Å²) in [5.41, 5.74) is 8.72. The Morgan fingerprint density at radius 1 is 0.583 bits per heavy atom. The van der Waals surface area contributed by atoms with E-state index in [9.17, 15) is 0 Å². The zero-order valence-electron chi connectivity index (χ0n) is 21.0. The molecule has 0 aliphatic heterocycles. The van der Waals surface area contributed by atoms with Crippen LogP contribution in [-0.2, 0) is 5.41 Å². The van der Waals surface area contributed by atoms with Crippen molar-refractivity contribution in [1.29, 1.82) is 0 Å². The van der Waals surface area contributed by atoms with Gasteiger partial charge in [-0.15, -0.1) is 11.3 Å². The second kappa shape index (κ2) is 7.80. The zero-order chi connectivity index (χ0) is 23.9. The van der Waals surface area contributed by atoms with Gasteiger partial charge >= 0.3 is 0 Å². The van der Waals surface area contributed by atoms with Gasteiger partial charge in [0.25, 0.3) is 0 Å². The van der Waals surface area contributed by atoms with Gasteiger partial charge in [0.05, 0.1) is 0 Å². The fraction of sp³-hybridized carbons (Fsp3) is 0.314. The molecule has 0 unspecified atom stereocenters. The second-order valence-electron chi connectivity index (χ2n) is 12.2. The molecule has 0 amide bonds. The van der Waals surface area contributed by atoms with Crippen LogP contribution in [0.1, 0.15) is 49.7 Å². The first-order chi connectivity index (χ1) is 17.6. The molecule has 1 aromatic heterocycles. The van der Waals surface area contributed by atoms with E-state index in [0.29, 0.717) is 5.41 Å². The Labute approximate surface area is 218 Å². The third-order valence-electron chi connectivity index (χ3n) is 9.66. The predicted molar refractivity (Wildman–Crippen MR) is 155 cm³/mol. The van der Waals surface area contributed by atoms with Gasteiger partial charge in [-0.05, 0) is 120 Å². The molecule has 1 heterocycles. The van der Waals surface area contributed by atoms with Crippen LogP contribution in [0.15, 0.2) is 84.9 Å². The fourth-order valence-electron chi connectivity index (χ4n) is 8.50. The van der Waals surface area contributed by atoms with Crippen LogP contribution in [0.4, 0.5) is 0 Å². The van der Waals surface area contributed by atoms with Gasteiger partial charge < -0.3 is 0 Å². The maximum atomic E-state index is 2.48. The van der Waals surface area contributed by atoms with E-state index >= 15 is 0 Å². The molecule has 4 aromatic carbocycles. The van der Waals surface area contributed by atoms with E-state index in [1.54, 1.807) is 5.56 Å². The summed E-state index contributed by atoms with van der Waals surface area (Å²) in [7, 11) is 0. The largest absolute Gasteiger partial charge is 0.135 e. The third-order valence-corrected chi connectivity index (χ3v) is 10.8. The van der Waals surface area contributed by atoms with Gasteiger partial charge in [0, 0.05) is 20.2 Å². The highest BCUT2D eigenvalue weighted by molar-refractivity contribution is 7.25. The van der Waals surface area contributed by atoms with Crippen LogP contribution >= 0.6 is 11.3 Å². The second-order valence-corrected chi connectivity index (χ2v) is 13.3. The lowest BCUT2D eigenvalue weighted by Gasteiger charge is -2.57. The van der Waals surface area contributed by atoms with Gasteiger partial charge in [0.15, 0.2) is 0 Å². The minimum absolute atomic E-state index is 0.477. The van der Waals surface area contributed by atoms with Crippen molar-refractivity contribution in [3.63, 3.8) is 0 Å². The molecule has 0 saturated heterocycles. The van der Waals surface area contributed by atoms with Crippen LogP contribution in [0, 0.1) is 24.7 Å². The Hall–Kier alpha value is -2.90. The summed E-state index contributed by atoms with van der Waals surface area (Å²) in [5, 5.41) is 2.74. The van der Waals surface area contributed by atoms with E-state index in [-0.39, 0.29) is 0 Å². The highest BCUT2D eigenvalue weighted by Gasteiger charge is 2.51. The summed E-state index contributed by atoms with van der Waals surface area (Å²) in [5.74, 6) is 2.98. The lowest BCUT2D eigenvalue weighted by Crippen LogP contribution is -2.48. The van der Waals surface area contributed by atoms with Crippen LogP contribution in [-0.4, -0.2) is 0 Å². The first-order valence-corrected chi connectivity index (χ1v) is 14.6. The molecule has 0 atom stereocenters. The molecule has 4 saturated carbocycles. The van der Waals surface area contributed by atoms with Crippen molar-refractivity contribution < 1.29 is 0 Å². The molecule has 5 aromatic rings. The Morgan fingerprint density at radius 3 is 1.92 bits per heavy atom. The van der Waals surface area contributed by atoms with Crippen molar-refractivity contribution in [2.24, 2.45) is 17.8 Å². The smallest absolute Gasteiger partial charge is 0.0361 e. The fourth-order valence-corrected chi connectivity index (χ4v) is 9.65. The van der Waals surface area contributed by atoms with Gasteiger partial charge in [0.1, 0.15) is 0 Å². The number of hydrogen-bond acceptors (Lipinski definition) is 1. The molecule has 0 spiro atoms. The molecule has 178 valence electrons. The van der Waals surface area contributed by atoms with Crippen molar-refractivity contribution in [1.82, 2.24) is 0 Å². The van der Waals surface area contributed by atoms with Crippen LogP contribution in [0.5, 0.6) is 0 Å². The van der Waals surface area contributed by atoms with E-state index in [1.807, 2.05) is 11.3 Å². The van der Waals surface area contributed by atoms with E-state index in [4.69, 9.17) is 0 Å². The van der Waals surface area contributed by atoms with Crippen LogP contribution in [0.25, 0.3) is 42.4 Å². The lowest BCUT2D eigenvalue weighted by atomic mass is 9.48. The van der Waals surface area contributed by atoms with Crippen molar-refractivity contribution >= 4 is 31.5 Å². The van der Waals surface area contributed by atoms with Crippen molar-refractivity contribution in [3.05, 3.63) is 96.1 Å². The highest BCUT2D eigenvalue weighted by atomic mass is 32.1. The monoisotopic (exact) mass is 484 g/mol. The van der Waals surface area contributed by atoms with Crippen molar-refractivity contribution in [3.8, 4) is 22.3 Å². The molecule has 4 fully saturated rings. The van der Waals surface area contributed by atoms with Crippen LogP contribution < -0.4 is 0 Å². The summed E-state index contributed by atoms with van der Waals surface area (Å²) in [6.45, 7) is 2.23. The molecule has 0 nitrogen and oxygen atoms in total. The Kier molecular flexibility index (Phi) is 4.59. The van der Waals surface area contributed by atoms with Crippen LogP contribution in [0.2, 0.25) is 0 Å². The quantitative estimate of drug-likeness (QED) is 0.239. The van der Waals surface area contributed by atoms with Crippen molar-refractivity contribution in [2.75, 3.05) is 0 Å². The first kappa shape index (κ1) is 21.2. The maximum absolute atomic E-state index is 2.48. The Morgan fingerprint density at radius 2 is 1.19 bits per heavy atom. The summed E-state index contributed by atoms with van der Waals surface area (Å²) in [6.07, 6.45) is 8.84. The summed E-state index contributed by atoms with van der Waals surface area (Å²) < 4.78 is 2.74. The average Bonchev–Trinajstić information content (AvgIpc) is 3.26. The van der Waals surface area contributed by atoms with Gasteiger partial charge in [-0.2, -0.15) is 0 Å². The molecular formula is C35H32S. The Bertz CT molecular complexity index is 1580. The zero-order valence-corrected chi connectivity index (χ0v) is 21.8. The minimum atomic E-state index is 0.477. The number of rotatable bonds is 3. The number of aryl methyl sites for hydroxylation is 1. The maximum Gasteiger partial charge on any atom is 0.0361 e. The van der Waals surface area contributed by atoms with Crippen LogP contribution in [0.3, 0.4) is 0 Å². The first-order valence-electron chi connectivity index (χ1n) is 13.8. The highest BCUT2D eigenvalue weighted by Crippen LogP contribution is 2.60. The molecular weight excluding hydrogens is 452 g/mol. The SMILES string of the molecule is Cc1cc(-c2ccc(C34CC5CC(CC(C5)C3)C4)cc2)cc(-c2ccc3c(c2)sc2ccccc23)c1. The average molecular weight is 485 g/mol. The molecule has 0 radical (unpaired) electrons. The topological polar surface area (TPSA) is 0 Å². The molecule has 4 aliphatic carbocycles. The minimum Gasteiger partial charge on any atom is -0.135 e. The summed E-state index contributed by atoms with van der Waals surface area (Å²) in [4.78, 5) is 0.